The summed E-state index contributed by atoms with van der Waals surface area (Å²) in [4.78, 5) is 11.0. The lowest BCUT2D eigenvalue weighted by atomic mass is 9.98. The highest BCUT2D eigenvalue weighted by atomic mass is 16.5. The molecular weight excluding hydrogens is 250 g/mol. The van der Waals surface area contributed by atoms with Gasteiger partial charge in [-0.3, -0.25) is 9.97 Å². The monoisotopic (exact) mass is 269 g/mol. The maximum atomic E-state index is 5.41. The maximum Gasteiger partial charge on any atom is 0.0890 e. The molecule has 0 bridgehead atoms. The Morgan fingerprint density at radius 2 is 1.75 bits per heavy atom. The maximum absolute atomic E-state index is 5.41. The number of nitrogens with zero attached hydrogens (tertiary/aromatic N) is 3. The Kier molecular flexibility index (Phi) is 3.65. The number of aromatic nitrogens is 2. The Morgan fingerprint density at radius 3 is 2.35 bits per heavy atom. The normalized spacial score (nSPS) is 15.4. The first-order chi connectivity index (χ1) is 9.75. The number of hydrogen-bond donors (Lipinski definition) is 0. The van der Waals surface area contributed by atoms with Crippen LogP contribution in [0.5, 0.6) is 0 Å². The largest absolute Gasteiger partial charge is 0.378 e. The van der Waals surface area contributed by atoms with Gasteiger partial charge >= 0.3 is 0 Å². The van der Waals surface area contributed by atoms with Gasteiger partial charge in [-0.1, -0.05) is 0 Å². The Balaban J connectivity index is 1.98. The molecule has 1 fully saturated rings. The molecular formula is C16H19N3O. The standard InChI is InChI=1S/C16H19N3O/c1-12-9-14(19-5-7-20-8-6-19)10-13(2)16(12)15-11-17-3-4-18-15/h3-4,9-11H,5-8H2,1-2H3. The molecule has 0 aliphatic carbocycles. The minimum atomic E-state index is 0.810. The van der Waals surface area contributed by atoms with Crippen LogP contribution in [0.15, 0.2) is 30.7 Å². The van der Waals surface area contributed by atoms with Crippen molar-refractivity contribution in [1.82, 2.24) is 9.97 Å². The molecule has 0 radical (unpaired) electrons. The van der Waals surface area contributed by atoms with E-state index in [0.29, 0.717) is 0 Å². The van der Waals surface area contributed by atoms with E-state index in [1.165, 1.54) is 22.4 Å². The van der Waals surface area contributed by atoms with Crippen molar-refractivity contribution in [1.29, 1.82) is 0 Å². The van der Waals surface area contributed by atoms with E-state index in [-0.39, 0.29) is 0 Å². The van der Waals surface area contributed by atoms with Crippen LogP contribution >= 0.6 is 0 Å². The quantitative estimate of drug-likeness (QED) is 0.840. The number of rotatable bonds is 2. The predicted octanol–water partition coefficient (Wildman–Crippen LogP) is 2.60. The van der Waals surface area contributed by atoms with Gasteiger partial charge in [0, 0.05) is 36.7 Å². The summed E-state index contributed by atoms with van der Waals surface area (Å²) in [7, 11) is 0. The van der Waals surface area contributed by atoms with E-state index in [1.807, 2.05) is 6.20 Å². The van der Waals surface area contributed by atoms with Gasteiger partial charge < -0.3 is 9.64 Å². The molecule has 1 aromatic carbocycles. The van der Waals surface area contributed by atoms with Crippen LogP contribution in [-0.2, 0) is 4.74 Å². The van der Waals surface area contributed by atoms with Crippen LogP contribution < -0.4 is 4.90 Å². The third kappa shape index (κ3) is 2.51. The highest BCUT2D eigenvalue weighted by molar-refractivity contribution is 5.71. The SMILES string of the molecule is Cc1cc(N2CCOCC2)cc(C)c1-c1cnccn1. The molecule has 1 aliphatic rings. The number of hydrogen-bond acceptors (Lipinski definition) is 4. The average molecular weight is 269 g/mol. The summed E-state index contributed by atoms with van der Waals surface area (Å²) < 4.78 is 5.41. The lowest BCUT2D eigenvalue weighted by Crippen LogP contribution is -2.36. The average Bonchev–Trinajstić information content (AvgIpc) is 2.48. The molecule has 0 spiro atoms. The summed E-state index contributed by atoms with van der Waals surface area (Å²) in [5.74, 6) is 0. The van der Waals surface area contributed by atoms with Crippen molar-refractivity contribution >= 4 is 5.69 Å². The van der Waals surface area contributed by atoms with Crippen molar-refractivity contribution in [3.8, 4) is 11.3 Å². The lowest BCUT2D eigenvalue weighted by molar-refractivity contribution is 0.122. The highest BCUT2D eigenvalue weighted by Crippen LogP contribution is 2.30. The van der Waals surface area contributed by atoms with Crippen LogP contribution in [0.25, 0.3) is 11.3 Å². The molecule has 0 amide bonds. The van der Waals surface area contributed by atoms with E-state index < -0.39 is 0 Å². The Bertz CT molecular complexity index is 569. The number of benzene rings is 1. The van der Waals surface area contributed by atoms with Crippen molar-refractivity contribution in [3.05, 3.63) is 41.9 Å². The number of ether oxygens (including phenoxy) is 1. The molecule has 0 N–H and O–H groups in total. The van der Waals surface area contributed by atoms with Crippen LogP contribution in [0.4, 0.5) is 5.69 Å². The smallest absolute Gasteiger partial charge is 0.0890 e. The van der Waals surface area contributed by atoms with Gasteiger partial charge in [0.1, 0.15) is 0 Å². The van der Waals surface area contributed by atoms with E-state index in [9.17, 15) is 0 Å². The van der Waals surface area contributed by atoms with Crippen molar-refractivity contribution in [2.24, 2.45) is 0 Å². The molecule has 104 valence electrons. The summed E-state index contributed by atoms with van der Waals surface area (Å²) in [6, 6.07) is 4.48. The second-order valence-corrected chi connectivity index (χ2v) is 5.14. The Hall–Kier alpha value is -1.94. The molecule has 4 nitrogen and oxygen atoms in total. The van der Waals surface area contributed by atoms with Crippen LogP contribution in [0, 0.1) is 13.8 Å². The van der Waals surface area contributed by atoms with Crippen LogP contribution in [0.3, 0.4) is 0 Å². The van der Waals surface area contributed by atoms with Gasteiger partial charge in [0.2, 0.25) is 0 Å². The summed E-state index contributed by atoms with van der Waals surface area (Å²) in [5, 5.41) is 0. The van der Waals surface area contributed by atoms with Gasteiger partial charge in [0.05, 0.1) is 25.1 Å². The molecule has 20 heavy (non-hydrogen) atoms. The van der Waals surface area contributed by atoms with E-state index in [1.54, 1.807) is 12.4 Å². The summed E-state index contributed by atoms with van der Waals surface area (Å²) in [6.07, 6.45) is 5.27. The molecule has 4 heteroatoms. The molecule has 1 saturated heterocycles. The van der Waals surface area contributed by atoms with E-state index in [0.717, 1.165) is 32.0 Å². The van der Waals surface area contributed by atoms with Gasteiger partial charge in [-0.2, -0.15) is 0 Å². The topological polar surface area (TPSA) is 38.2 Å². The second kappa shape index (κ2) is 5.59. The molecule has 0 saturated carbocycles. The third-order valence-corrected chi connectivity index (χ3v) is 3.71. The van der Waals surface area contributed by atoms with Crippen molar-refractivity contribution in [3.63, 3.8) is 0 Å². The fourth-order valence-corrected chi connectivity index (χ4v) is 2.78. The van der Waals surface area contributed by atoms with E-state index in [4.69, 9.17) is 4.74 Å². The second-order valence-electron chi connectivity index (χ2n) is 5.14. The molecule has 1 aromatic heterocycles. The fourth-order valence-electron chi connectivity index (χ4n) is 2.78. The van der Waals surface area contributed by atoms with Crippen LogP contribution in [0.1, 0.15) is 11.1 Å². The predicted molar refractivity (Wildman–Crippen MR) is 80.0 cm³/mol. The van der Waals surface area contributed by atoms with Crippen molar-refractivity contribution in [2.45, 2.75) is 13.8 Å². The molecule has 0 atom stereocenters. The van der Waals surface area contributed by atoms with E-state index in [2.05, 4.69) is 40.8 Å². The zero-order chi connectivity index (χ0) is 13.9. The summed E-state index contributed by atoms with van der Waals surface area (Å²) in [5.41, 5.74) is 5.89. The van der Waals surface area contributed by atoms with Gasteiger partial charge in [0.25, 0.3) is 0 Å². The Labute approximate surface area is 119 Å². The Morgan fingerprint density at radius 1 is 1.05 bits per heavy atom. The van der Waals surface area contributed by atoms with Crippen LogP contribution in [-0.4, -0.2) is 36.3 Å². The third-order valence-electron chi connectivity index (χ3n) is 3.71. The van der Waals surface area contributed by atoms with Gasteiger partial charge in [-0.15, -0.1) is 0 Å². The molecule has 3 rings (SSSR count). The van der Waals surface area contributed by atoms with Crippen molar-refractivity contribution in [2.75, 3.05) is 31.2 Å². The number of anilines is 1. The zero-order valence-corrected chi connectivity index (χ0v) is 12.0. The molecule has 1 aliphatic heterocycles. The molecule has 0 unspecified atom stereocenters. The first kappa shape index (κ1) is 13.1. The van der Waals surface area contributed by atoms with Gasteiger partial charge in [-0.05, 0) is 37.1 Å². The summed E-state index contributed by atoms with van der Waals surface area (Å²) in [6.45, 7) is 7.82. The van der Waals surface area contributed by atoms with Crippen LogP contribution in [0.2, 0.25) is 0 Å². The minimum absolute atomic E-state index is 0.810. The highest BCUT2D eigenvalue weighted by Gasteiger charge is 2.15. The number of morpholine rings is 1. The van der Waals surface area contributed by atoms with E-state index >= 15 is 0 Å². The zero-order valence-electron chi connectivity index (χ0n) is 12.0. The minimum Gasteiger partial charge on any atom is -0.378 e. The number of aryl methyl sites for hydroxylation is 2. The van der Waals surface area contributed by atoms with Gasteiger partial charge in [-0.25, -0.2) is 0 Å². The summed E-state index contributed by atoms with van der Waals surface area (Å²) >= 11 is 0. The molecule has 2 heterocycles. The first-order valence-electron chi connectivity index (χ1n) is 6.96. The lowest BCUT2D eigenvalue weighted by Gasteiger charge is -2.30. The van der Waals surface area contributed by atoms with Gasteiger partial charge in [0.15, 0.2) is 0 Å². The fraction of sp³-hybridized carbons (Fsp3) is 0.375. The van der Waals surface area contributed by atoms with Crippen molar-refractivity contribution < 1.29 is 4.74 Å². The first-order valence-corrected chi connectivity index (χ1v) is 6.96. The molecule has 2 aromatic rings.